The third kappa shape index (κ3) is 2.68. The molecular formula is C15H27N3O2. The molecule has 5 unspecified atom stereocenters. The molecule has 20 heavy (non-hydrogen) atoms. The first-order valence-electron chi connectivity index (χ1n) is 7.59. The summed E-state index contributed by atoms with van der Waals surface area (Å²) >= 11 is 0. The van der Waals surface area contributed by atoms with Crippen LogP contribution in [0.1, 0.15) is 40.0 Å². The molecule has 2 fully saturated rings. The molecule has 2 aliphatic rings. The zero-order valence-electron chi connectivity index (χ0n) is 12.8. The van der Waals surface area contributed by atoms with Gasteiger partial charge >= 0.3 is 0 Å². The van der Waals surface area contributed by atoms with Crippen LogP contribution < -0.4 is 11.5 Å². The largest absolute Gasteiger partial charge is 0.369 e. The molecular weight excluding hydrogens is 254 g/mol. The van der Waals surface area contributed by atoms with E-state index in [2.05, 4.69) is 13.8 Å². The Balaban J connectivity index is 2.04. The Labute approximate surface area is 121 Å². The maximum atomic E-state index is 12.7. The van der Waals surface area contributed by atoms with Gasteiger partial charge < -0.3 is 16.4 Å². The van der Waals surface area contributed by atoms with Crippen molar-refractivity contribution in [3.63, 3.8) is 0 Å². The van der Waals surface area contributed by atoms with Crippen LogP contribution in [0.5, 0.6) is 0 Å². The lowest BCUT2D eigenvalue weighted by Crippen LogP contribution is -2.47. The van der Waals surface area contributed by atoms with Crippen LogP contribution in [-0.2, 0) is 9.59 Å². The Morgan fingerprint density at radius 2 is 1.85 bits per heavy atom. The molecule has 5 atom stereocenters. The smallest absolute Gasteiger partial charge is 0.226 e. The number of hydrogen-bond donors (Lipinski definition) is 2. The maximum absolute atomic E-state index is 12.7. The van der Waals surface area contributed by atoms with Gasteiger partial charge in [0.25, 0.3) is 0 Å². The summed E-state index contributed by atoms with van der Waals surface area (Å²) in [6.45, 7) is 7.22. The van der Waals surface area contributed by atoms with Gasteiger partial charge in [-0.3, -0.25) is 9.59 Å². The van der Waals surface area contributed by atoms with E-state index in [-0.39, 0.29) is 23.8 Å². The van der Waals surface area contributed by atoms with Gasteiger partial charge in [-0.15, -0.1) is 0 Å². The van der Waals surface area contributed by atoms with Gasteiger partial charge in [0, 0.05) is 25.0 Å². The van der Waals surface area contributed by atoms with Crippen molar-refractivity contribution in [1.29, 1.82) is 0 Å². The minimum absolute atomic E-state index is 0.00331. The third-order valence-corrected chi connectivity index (χ3v) is 5.38. The summed E-state index contributed by atoms with van der Waals surface area (Å²) < 4.78 is 0. The number of likely N-dealkylation sites (tertiary alicyclic amines) is 1. The molecule has 0 aromatic carbocycles. The molecule has 0 bridgehead atoms. The van der Waals surface area contributed by atoms with Gasteiger partial charge in [-0.2, -0.15) is 0 Å². The maximum Gasteiger partial charge on any atom is 0.226 e. The summed E-state index contributed by atoms with van der Waals surface area (Å²) in [6, 6.07) is 0.102. The van der Waals surface area contributed by atoms with Crippen molar-refractivity contribution in [2.75, 3.05) is 13.1 Å². The summed E-state index contributed by atoms with van der Waals surface area (Å²) in [5, 5.41) is 0. The zero-order chi connectivity index (χ0) is 15.1. The molecule has 1 heterocycles. The highest BCUT2D eigenvalue weighted by atomic mass is 16.2. The number of primary amides is 1. The standard InChI is InChI=1S/C15H27N3O2/c1-9-6-10(2)12(16)7-11(9)13(19)18-5-4-15(3,8-18)14(17)20/h9-12H,4-8,16H2,1-3H3,(H2,17,20). The highest BCUT2D eigenvalue weighted by Crippen LogP contribution is 2.37. The lowest BCUT2D eigenvalue weighted by atomic mass is 9.72. The molecule has 2 amide bonds. The van der Waals surface area contributed by atoms with E-state index in [0.29, 0.717) is 31.3 Å². The summed E-state index contributed by atoms with van der Waals surface area (Å²) in [4.78, 5) is 26.0. The summed E-state index contributed by atoms with van der Waals surface area (Å²) in [7, 11) is 0. The Bertz CT molecular complexity index is 412. The Hall–Kier alpha value is -1.10. The van der Waals surface area contributed by atoms with E-state index in [4.69, 9.17) is 11.5 Å². The highest BCUT2D eigenvalue weighted by Gasteiger charge is 2.44. The number of hydrogen-bond acceptors (Lipinski definition) is 3. The Morgan fingerprint density at radius 3 is 2.40 bits per heavy atom. The van der Waals surface area contributed by atoms with Gasteiger partial charge in [-0.05, 0) is 38.0 Å². The molecule has 4 N–H and O–H groups in total. The molecule has 0 aromatic rings. The SMILES string of the molecule is CC1CC(C)C(C(=O)N2CCC(C)(C(N)=O)C2)CC1N. The van der Waals surface area contributed by atoms with E-state index in [9.17, 15) is 9.59 Å². The number of carbonyl (C=O) groups excluding carboxylic acids is 2. The third-order valence-electron chi connectivity index (χ3n) is 5.38. The second kappa shape index (κ2) is 5.35. The van der Waals surface area contributed by atoms with Gasteiger partial charge in [0.1, 0.15) is 0 Å². The molecule has 2 rings (SSSR count). The molecule has 5 heteroatoms. The van der Waals surface area contributed by atoms with Crippen LogP contribution in [0.15, 0.2) is 0 Å². The van der Waals surface area contributed by atoms with Crippen molar-refractivity contribution in [2.24, 2.45) is 34.6 Å². The fraction of sp³-hybridized carbons (Fsp3) is 0.867. The minimum atomic E-state index is -0.566. The number of nitrogens with two attached hydrogens (primary N) is 2. The fourth-order valence-electron chi connectivity index (χ4n) is 3.61. The molecule has 1 aliphatic carbocycles. The van der Waals surface area contributed by atoms with E-state index in [1.54, 1.807) is 0 Å². The average molecular weight is 281 g/mol. The predicted molar refractivity (Wildman–Crippen MR) is 77.5 cm³/mol. The van der Waals surface area contributed by atoms with E-state index >= 15 is 0 Å². The van der Waals surface area contributed by atoms with E-state index < -0.39 is 5.41 Å². The molecule has 1 saturated heterocycles. The first-order chi connectivity index (χ1) is 9.24. The number of amides is 2. The number of carbonyl (C=O) groups is 2. The van der Waals surface area contributed by atoms with Gasteiger partial charge in [0.05, 0.1) is 5.41 Å². The molecule has 5 nitrogen and oxygen atoms in total. The monoisotopic (exact) mass is 281 g/mol. The predicted octanol–water partition coefficient (Wildman–Crippen LogP) is 0.720. The zero-order valence-corrected chi connectivity index (χ0v) is 12.8. The molecule has 0 spiro atoms. The molecule has 0 radical (unpaired) electrons. The highest BCUT2D eigenvalue weighted by molar-refractivity contribution is 5.84. The second-order valence-corrected chi connectivity index (χ2v) is 7.13. The molecule has 0 aromatic heterocycles. The average Bonchev–Trinajstić information content (AvgIpc) is 2.77. The topological polar surface area (TPSA) is 89.4 Å². The summed E-state index contributed by atoms with van der Waals surface area (Å²) in [6.07, 6.45) is 2.42. The van der Waals surface area contributed by atoms with Crippen LogP contribution >= 0.6 is 0 Å². The van der Waals surface area contributed by atoms with E-state index in [0.717, 1.165) is 12.8 Å². The van der Waals surface area contributed by atoms with Crippen molar-refractivity contribution in [3.05, 3.63) is 0 Å². The lowest BCUT2D eigenvalue weighted by molar-refractivity contribution is -0.138. The first-order valence-corrected chi connectivity index (χ1v) is 7.59. The lowest BCUT2D eigenvalue weighted by Gasteiger charge is -2.38. The quantitative estimate of drug-likeness (QED) is 0.781. The number of nitrogens with zero attached hydrogens (tertiary/aromatic N) is 1. The van der Waals surface area contributed by atoms with Gasteiger partial charge in [-0.25, -0.2) is 0 Å². The van der Waals surface area contributed by atoms with Crippen molar-refractivity contribution >= 4 is 11.8 Å². The summed E-state index contributed by atoms with van der Waals surface area (Å²) in [5.74, 6) is 0.678. The first kappa shape index (κ1) is 15.3. The summed E-state index contributed by atoms with van der Waals surface area (Å²) in [5.41, 5.74) is 11.0. The Kier molecular flexibility index (Phi) is 4.09. The van der Waals surface area contributed by atoms with Gasteiger partial charge in [-0.1, -0.05) is 13.8 Å². The molecule has 1 saturated carbocycles. The Morgan fingerprint density at radius 1 is 1.20 bits per heavy atom. The van der Waals surface area contributed by atoms with Crippen molar-refractivity contribution < 1.29 is 9.59 Å². The van der Waals surface area contributed by atoms with Crippen LogP contribution in [0.25, 0.3) is 0 Å². The van der Waals surface area contributed by atoms with E-state index in [1.807, 2.05) is 11.8 Å². The van der Waals surface area contributed by atoms with Crippen LogP contribution in [0.2, 0.25) is 0 Å². The van der Waals surface area contributed by atoms with Crippen molar-refractivity contribution in [1.82, 2.24) is 4.90 Å². The van der Waals surface area contributed by atoms with Gasteiger partial charge in [0.2, 0.25) is 11.8 Å². The molecule has 114 valence electrons. The van der Waals surface area contributed by atoms with Crippen LogP contribution in [-0.4, -0.2) is 35.8 Å². The minimum Gasteiger partial charge on any atom is -0.369 e. The van der Waals surface area contributed by atoms with Crippen molar-refractivity contribution in [3.8, 4) is 0 Å². The van der Waals surface area contributed by atoms with Crippen LogP contribution in [0.3, 0.4) is 0 Å². The van der Waals surface area contributed by atoms with Crippen LogP contribution in [0, 0.1) is 23.2 Å². The van der Waals surface area contributed by atoms with E-state index in [1.165, 1.54) is 0 Å². The van der Waals surface area contributed by atoms with Crippen molar-refractivity contribution in [2.45, 2.75) is 46.1 Å². The number of rotatable bonds is 2. The van der Waals surface area contributed by atoms with Crippen LogP contribution in [0.4, 0.5) is 0 Å². The normalized spacial score (nSPS) is 41.7. The second-order valence-electron chi connectivity index (χ2n) is 7.13. The van der Waals surface area contributed by atoms with Gasteiger partial charge in [0.15, 0.2) is 0 Å². The fourth-order valence-corrected chi connectivity index (χ4v) is 3.61. The molecule has 1 aliphatic heterocycles.